The van der Waals surface area contributed by atoms with Gasteiger partial charge in [0, 0.05) is 6.54 Å². The summed E-state index contributed by atoms with van der Waals surface area (Å²) in [5.41, 5.74) is 0.951. The number of rotatable bonds is 13. The molecule has 0 aromatic heterocycles. The molecule has 0 heterocycles. The third kappa shape index (κ3) is 8.96. The van der Waals surface area contributed by atoms with Crippen LogP contribution in [0.5, 0.6) is 17.2 Å². The lowest BCUT2D eigenvalue weighted by molar-refractivity contribution is -0.153. The number of methoxy groups -OCH3 is 1. The van der Waals surface area contributed by atoms with Gasteiger partial charge in [0.2, 0.25) is 0 Å². The predicted octanol–water partition coefficient (Wildman–Crippen LogP) is 2.99. The molecule has 0 radical (unpaired) electrons. The van der Waals surface area contributed by atoms with Crippen LogP contribution in [0.4, 0.5) is 0 Å². The van der Waals surface area contributed by atoms with Crippen molar-refractivity contribution in [2.75, 3.05) is 34.4 Å². The molecule has 0 fully saturated rings. The first-order valence-corrected chi connectivity index (χ1v) is 9.91. The number of carboxylic acid groups (broad SMARTS) is 1. The number of aliphatic carboxylic acids is 1. The molecule has 0 aliphatic heterocycles. The number of hydrogen-bond donors (Lipinski definition) is 1. The lowest BCUT2D eigenvalue weighted by Gasteiger charge is -2.22. The third-order valence-corrected chi connectivity index (χ3v) is 4.21. The summed E-state index contributed by atoms with van der Waals surface area (Å²) in [5, 5.41) is 8.73. The first kappa shape index (κ1) is 24.0. The molecule has 0 saturated heterocycles. The molecule has 2 aromatic rings. The van der Waals surface area contributed by atoms with Gasteiger partial charge in [-0.1, -0.05) is 24.3 Å². The van der Waals surface area contributed by atoms with Crippen molar-refractivity contribution in [1.82, 2.24) is 4.90 Å². The fraction of sp³-hybridized carbons (Fsp3) is 0.391. The number of carbonyl (C=O) groups excluding carboxylic acids is 1. The Morgan fingerprint density at radius 2 is 1.71 bits per heavy atom. The molecular weight excluding hydrogens is 402 g/mol. The maximum atomic E-state index is 11.9. The smallest absolute Gasteiger partial charge is 0.306 e. The Morgan fingerprint density at radius 1 is 1.00 bits per heavy atom. The molecule has 0 amide bonds. The van der Waals surface area contributed by atoms with E-state index in [-0.39, 0.29) is 19.4 Å². The zero-order valence-corrected chi connectivity index (χ0v) is 18.1. The van der Waals surface area contributed by atoms with Crippen molar-refractivity contribution in [3.8, 4) is 17.2 Å². The summed E-state index contributed by atoms with van der Waals surface area (Å²) < 4.78 is 22.4. The van der Waals surface area contributed by atoms with E-state index in [9.17, 15) is 9.59 Å². The second kappa shape index (κ2) is 12.4. The van der Waals surface area contributed by atoms with Crippen LogP contribution in [-0.2, 0) is 20.9 Å². The summed E-state index contributed by atoms with van der Waals surface area (Å²) >= 11 is 0. The molecule has 0 spiro atoms. The van der Waals surface area contributed by atoms with Gasteiger partial charge in [0.1, 0.15) is 25.1 Å². The van der Waals surface area contributed by atoms with Gasteiger partial charge in [0.15, 0.2) is 11.5 Å². The van der Waals surface area contributed by atoms with Crippen LogP contribution in [0.2, 0.25) is 0 Å². The second-order valence-electron chi connectivity index (χ2n) is 7.17. The Morgan fingerprint density at radius 3 is 2.35 bits per heavy atom. The molecular formula is C23H29NO7. The zero-order chi connectivity index (χ0) is 22.6. The van der Waals surface area contributed by atoms with Crippen molar-refractivity contribution in [3.05, 3.63) is 54.1 Å². The molecule has 0 bridgehead atoms. The number of hydrogen-bond acceptors (Lipinski definition) is 7. The summed E-state index contributed by atoms with van der Waals surface area (Å²) in [7, 11) is 5.31. The maximum Gasteiger partial charge on any atom is 0.306 e. The average molecular weight is 431 g/mol. The van der Waals surface area contributed by atoms with E-state index in [1.807, 2.05) is 55.4 Å². The van der Waals surface area contributed by atoms with Crippen molar-refractivity contribution >= 4 is 11.9 Å². The van der Waals surface area contributed by atoms with Gasteiger partial charge in [-0.2, -0.15) is 0 Å². The van der Waals surface area contributed by atoms with Gasteiger partial charge < -0.3 is 29.0 Å². The molecule has 0 aliphatic carbocycles. The number of nitrogens with zero attached hydrogens (tertiary/aromatic N) is 1. The highest BCUT2D eigenvalue weighted by Crippen LogP contribution is 2.28. The molecule has 0 aliphatic rings. The Balaban J connectivity index is 1.98. The highest BCUT2D eigenvalue weighted by Gasteiger charge is 2.18. The summed E-state index contributed by atoms with van der Waals surface area (Å²) in [4.78, 5) is 24.5. The van der Waals surface area contributed by atoms with E-state index >= 15 is 0 Å². The fourth-order valence-electron chi connectivity index (χ4n) is 2.78. The van der Waals surface area contributed by atoms with Crippen molar-refractivity contribution in [2.45, 2.75) is 25.6 Å². The highest BCUT2D eigenvalue weighted by molar-refractivity contribution is 5.76. The largest absolute Gasteiger partial charge is 0.497 e. The lowest BCUT2D eigenvalue weighted by atomic mass is 10.2. The maximum absolute atomic E-state index is 11.9. The molecule has 1 N–H and O–H groups in total. The van der Waals surface area contributed by atoms with Crippen LogP contribution in [0.3, 0.4) is 0 Å². The number of carboxylic acids is 1. The monoisotopic (exact) mass is 431 g/mol. The van der Waals surface area contributed by atoms with Gasteiger partial charge >= 0.3 is 11.9 Å². The molecule has 8 heteroatoms. The van der Waals surface area contributed by atoms with E-state index in [0.29, 0.717) is 24.7 Å². The topological polar surface area (TPSA) is 94.5 Å². The molecule has 0 saturated carbocycles. The van der Waals surface area contributed by atoms with Crippen LogP contribution < -0.4 is 14.2 Å². The zero-order valence-electron chi connectivity index (χ0n) is 18.1. The van der Waals surface area contributed by atoms with Gasteiger partial charge in [-0.15, -0.1) is 0 Å². The van der Waals surface area contributed by atoms with E-state index in [4.69, 9.17) is 24.1 Å². The van der Waals surface area contributed by atoms with Gasteiger partial charge in [-0.3, -0.25) is 9.59 Å². The highest BCUT2D eigenvalue weighted by atomic mass is 16.6. The van der Waals surface area contributed by atoms with Crippen molar-refractivity contribution in [1.29, 1.82) is 0 Å². The van der Waals surface area contributed by atoms with Crippen molar-refractivity contribution in [3.63, 3.8) is 0 Å². The van der Waals surface area contributed by atoms with Gasteiger partial charge in [0.25, 0.3) is 0 Å². The summed E-state index contributed by atoms with van der Waals surface area (Å²) in [6.45, 7) is 0.880. The van der Waals surface area contributed by atoms with Crippen LogP contribution in [0.1, 0.15) is 18.4 Å². The SMILES string of the molecule is COc1cccc(COc2ccccc2OCC(CN(C)C)OC(=O)CCC(=O)O)c1. The van der Waals surface area contributed by atoms with E-state index < -0.39 is 18.0 Å². The third-order valence-electron chi connectivity index (χ3n) is 4.21. The number of para-hydroxylation sites is 2. The predicted molar refractivity (Wildman–Crippen MR) is 115 cm³/mol. The van der Waals surface area contributed by atoms with Crippen LogP contribution in [-0.4, -0.2) is 62.4 Å². The summed E-state index contributed by atoms with van der Waals surface area (Å²) in [6.07, 6.45) is -1.00. The van der Waals surface area contributed by atoms with Gasteiger partial charge in [-0.25, -0.2) is 0 Å². The number of likely N-dealkylation sites (N-methyl/N-ethyl adjacent to an activating group) is 1. The molecule has 31 heavy (non-hydrogen) atoms. The fourth-order valence-corrected chi connectivity index (χ4v) is 2.78. The average Bonchev–Trinajstić information content (AvgIpc) is 2.75. The standard InChI is InChI=1S/C23H29NO7/c1-24(2)14-19(31-23(27)12-11-22(25)26)16-30-21-10-5-4-9-20(21)29-15-17-7-6-8-18(13-17)28-3/h4-10,13,19H,11-12,14-16H2,1-3H3,(H,25,26). The molecule has 2 rings (SSSR count). The quantitative estimate of drug-likeness (QED) is 0.484. The van der Waals surface area contributed by atoms with E-state index in [1.165, 1.54) is 0 Å². The minimum atomic E-state index is -1.04. The Bertz CT molecular complexity index is 853. The molecule has 168 valence electrons. The first-order chi connectivity index (χ1) is 14.9. The molecule has 1 unspecified atom stereocenters. The lowest BCUT2D eigenvalue weighted by Crippen LogP contribution is -2.35. The van der Waals surface area contributed by atoms with Crippen LogP contribution in [0.25, 0.3) is 0 Å². The van der Waals surface area contributed by atoms with Crippen LogP contribution >= 0.6 is 0 Å². The molecule has 2 aromatic carbocycles. The normalized spacial score (nSPS) is 11.6. The Hall–Kier alpha value is -3.26. The van der Waals surface area contributed by atoms with E-state index in [0.717, 1.165) is 11.3 Å². The van der Waals surface area contributed by atoms with Crippen LogP contribution in [0.15, 0.2) is 48.5 Å². The molecule has 1 atom stereocenters. The molecule has 8 nitrogen and oxygen atoms in total. The minimum Gasteiger partial charge on any atom is -0.497 e. The Kier molecular flexibility index (Phi) is 9.64. The van der Waals surface area contributed by atoms with Crippen molar-refractivity contribution in [2.24, 2.45) is 0 Å². The van der Waals surface area contributed by atoms with E-state index in [1.54, 1.807) is 19.2 Å². The van der Waals surface area contributed by atoms with Crippen LogP contribution in [0, 0.1) is 0 Å². The minimum absolute atomic E-state index is 0.108. The summed E-state index contributed by atoms with van der Waals surface area (Å²) in [6, 6.07) is 14.8. The summed E-state index contributed by atoms with van der Waals surface area (Å²) in [5.74, 6) is 0.226. The number of carbonyl (C=O) groups is 2. The van der Waals surface area contributed by atoms with Gasteiger partial charge in [0.05, 0.1) is 20.0 Å². The van der Waals surface area contributed by atoms with E-state index in [2.05, 4.69) is 0 Å². The second-order valence-corrected chi connectivity index (χ2v) is 7.17. The number of esters is 1. The first-order valence-electron chi connectivity index (χ1n) is 9.91. The number of benzene rings is 2. The Labute approximate surface area is 182 Å². The van der Waals surface area contributed by atoms with Gasteiger partial charge in [-0.05, 0) is 43.9 Å². The van der Waals surface area contributed by atoms with Crippen molar-refractivity contribution < 1.29 is 33.6 Å². The number of ether oxygens (including phenoxy) is 4.